The average molecular weight is 449 g/mol. The number of hydrogen-bond acceptors (Lipinski definition) is 6. The molecule has 0 saturated carbocycles. The summed E-state index contributed by atoms with van der Waals surface area (Å²) in [5, 5.41) is 9.11. The molecule has 1 aliphatic heterocycles. The number of aromatic nitrogens is 2. The number of nitrogens with zero attached hydrogens (tertiary/aromatic N) is 3. The van der Waals surface area contributed by atoms with Gasteiger partial charge in [-0.05, 0) is 31.9 Å². The molecule has 1 fully saturated rings. The van der Waals surface area contributed by atoms with E-state index >= 15 is 0 Å². The van der Waals surface area contributed by atoms with Gasteiger partial charge in [-0.2, -0.15) is 0 Å². The summed E-state index contributed by atoms with van der Waals surface area (Å²) in [6.45, 7) is 2.31. The lowest BCUT2D eigenvalue weighted by molar-refractivity contribution is -0.121. The number of thiazole rings is 1. The molecular formula is C20H18ClFN4O3S. The third-order valence-corrected chi connectivity index (χ3v) is 6.02. The number of hydrogen-bond donors (Lipinski definition) is 1. The molecular weight excluding hydrogens is 431 g/mol. The Labute approximate surface area is 180 Å². The minimum atomic E-state index is -0.593. The van der Waals surface area contributed by atoms with Gasteiger partial charge in [0.25, 0.3) is 5.91 Å². The van der Waals surface area contributed by atoms with Crippen LogP contribution in [0, 0.1) is 18.7 Å². The van der Waals surface area contributed by atoms with E-state index in [0.29, 0.717) is 24.5 Å². The Bertz CT molecular complexity index is 1070. The fraction of sp³-hybridized carbons (Fsp3) is 0.300. The molecule has 1 N–H and O–H groups in total. The first-order chi connectivity index (χ1) is 14.5. The first kappa shape index (κ1) is 20.5. The van der Waals surface area contributed by atoms with Crippen LogP contribution in [0.2, 0.25) is 5.02 Å². The molecule has 7 nitrogen and oxygen atoms in total. The number of rotatable bonds is 4. The van der Waals surface area contributed by atoms with Gasteiger partial charge in [-0.1, -0.05) is 22.8 Å². The molecule has 1 aromatic carbocycles. The van der Waals surface area contributed by atoms with Gasteiger partial charge in [-0.15, -0.1) is 11.3 Å². The fourth-order valence-corrected chi connectivity index (χ4v) is 4.33. The lowest BCUT2D eigenvalue weighted by Gasteiger charge is -2.32. The standard InChI is InChI=1S/C20H18ClFN4O3S/c1-11-15(17(25-29-11)16-13(21)5-2-6-14(16)22)19(28)26-8-3-4-12(10-26)18(27)24-20-23-7-9-30-20/h2,5-7,9,12H,3-4,8,10H2,1H3,(H,23,24,27). The molecule has 0 aliphatic carbocycles. The monoisotopic (exact) mass is 448 g/mol. The smallest absolute Gasteiger partial charge is 0.259 e. The predicted molar refractivity (Wildman–Crippen MR) is 111 cm³/mol. The first-order valence-electron chi connectivity index (χ1n) is 9.36. The van der Waals surface area contributed by atoms with Gasteiger partial charge in [0.05, 0.1) is 16.5 Å². The maximum Gasteiger partial charge on any atom is 0.259 e. The van der Waals surface area contributed by atoms with Crippen molar-refractivity contribution in [1.82, 2.24) is 15.0 Å². The number of carbonyl (C=O) groups excluding carboxylic acids is 2. The maximum absolute atomic E-state index is 14.4. The third-order valence-electron chi connectivity index (χ3n) is 5.02. The number of likely N-dealkylation sites (tertiary alicyclic amines) is 1. The molecule has 156 valence electrons. The largest absolute Gasteiger partial charge is 0.360 e. The van der Waals surface area contributed by atoms with Crippen molar-refractivity contribution < 1.29 is 18.5 Å². The van der Waals surface area contributed by atoms with Crippen molar-refractivity contribution in [3.8, 4) is 11.3 Å². The van der Waals surface area contributed by atoms with Gasteiger partial charge in [0.15, 0.2) is 5.13 Å². The number of nitrogens with one attached hydrogen (secondary N) is 1. The van der Waals surface area contributed by atoms with Crippen LogP contribution in [0.5, 0.6) is 0 Å². The fourth-order valence-electron chi connectivity index (χ4n) is 3.55. The predicted octanol–water partition coefficient (Wildman–Crippen LogP) is 4.39. The number of aryl methyl sites for hydroxylation is 1. The van der Waals surface area contributed by atoms with Gasteiger partial charge in [0.2, 0.25) is 5.91 Å². The van der Waals surface area contributed by atoms with E-state index in [1.165, 1.54) is 29.5 Å². The van der Waals surface area contributed by atoms with E-state index < -0.39 is 5.82 Å². The molecule has 0 spiro atoms. The van der Waals surface area contributed by atoms with Crippen molar-refractivity contribution in [2.45, 2.75) is 19.8 Å². The minimum Gasteiger partial charge on any atom is -0.360 e. The van der Waals surface area contributed by atoms with Gasteiger partial charge < -0.3 is 14.7 Å². The summed E-state index contributed by atoms with van der Waals surface area (Å²) < 4.78 is 19.6. The summed E-state index contributed by atoms with van der Waals surface area (Å²) in [5.41, 5.74) is 0.243. The summed E-state index contributed by atoms with van der Waals surface area (Å²) in [6.07, 6.45) is 2.94. The number of carbonyl (C=O) groups is 2. The summed E-state index contributed by atoms with van der Waals surface area (Å²) in [5.74, 6) is -1.24. The number of amides is 2. The van der Waals surface area contributed by atoms with E-state index in [1.807, 2.05) is 0 Å². The van der Waals surface area contributed by atoms with E-state index in [1.54, 1.807) is 23.4 Å². The maximum atomic E-state index is 14.4. The number of piperidine rings is 1. The molecule has 4 rings (SSSR count). The van der Waals surface area contributed by atoms with Crippen LogP contribution >= 0.6 is 22.9 Å². The zero-order valence-corrected chi connectivity index (χ0v) is 17.6. The van der Waals surface area contributed by atoms with Crippen LogP contribution in [0.15, 0.2) is 34.3 Å². The Balaban J connectivity index is 1.58. The van der Waals surface area contributed by atoms with Crippen LogP contribution < -0.4 is 5.32 Å². The SMILES string of the molecule is Cc1onc(-c2c(F)cccc2Cl)c1C(=O)N1CCCC(C(=O)Nc2nccs2)C1. The average Bonchev–Trinajstić information content (AvgIpc) is 3.37. The van der Waals surface area contributed by atoms with Gasteiger partial charge in [0.1, 0.15) is 22.8 Å². The van der Waals surface area contributed by atoms with Crippen molar-refractivity contribution in [3.63, 3.8) is 0 Å². The van der Waals surface area contributed by atoms with Crippen LogP contribution in [-0.4, -0.2) is 39.9 Å². The highest BCUT2D eigenvalue weighted by Gasteiger charge is 2.33. The second kappa shape index (κ2) is 8.53. The Morgan fingerprint density at radius 3 is 2.97 bits per heavy atom. The molecule has 3 aromatic rings. The Kier molecular flexibility index (Phi) is 5.83. The first-order valence-corrected chi connectivity index (χ1v) is 10.6. The van der Waals surface area contributed by atoms with E-state index in [0.717, 1.165) is 0 Å². The molecule has 1 atom stereocenters. The molecule has 2 amide bonds. The van der Waals surface area contributed by atoms with Crippen LogP contribution in [0.3, 0.4) is 0 Å². The summed E-state index contributed by atoms with van der Waals surface area (Å²) in [7, 11) is 0. The van der Waals surface area contributed by atoms with Crippen molar-refractivity contribution in [1.29, 1.82) is 0 Å². The molecule has 1 unspecified atom stereocenters. The Morgan fingerprint density at radius 2 is 2.23 bits per heavy atom. The Morgan fingerprint density at radius 1 is 1.40 bits per heavy atom. The number of benzene rings is 1. The normalized spacial score (nSPS) is 16.5. The van der Waals surface area contributed by atoms with E-state index in [2.05, 4.69) is 15.5 Å². The second-order valence-electron chi connectivity index (χ2n) is 6.98. The van der Waals surface area contributed by atoms with E-state index in [-0.39, 0.29) is 51.9 Å². The van der Waals surface area contributed by atoms with E-state index in [9.17, 15) is 14.0 Å². The zero-order chi connectivity index (χ0) is 21.3. The molecule has 3 heterocycles. The summed E-state index contributed by atoms with van der Waals surface area (Å²) in [6, 6.07) is 4.25. The number of anilines is 1. The van der Waals surface area contributed by atoms with Crippen molar-refractivity contribution in [3.05, 3.63) is 51.9 Å². The van der Waals surface area contributed by atoms with Crippen LogP contribution in [-0.2, 0) is 4.79 Å². The lowest BCUT2D eigenvalue weighted by Crippen LogP contribution is -2.44. The van der Waals surface area contributed by atoms with Gasteiger partial charge >= 0.3 is 0 Å². The van der Waals surface area contributed by atoms with Crippen LogP contribution in [0.1, 0.15) is 29.0 Å². The van der Waals surface area contributed by atoms with Crippen LogP contribution in [0.4, 0.5) is 9.52 Å². The van der Waals surface area contributed by atoms with E-state index in [4.69, 9.17) is 16.1 Å². The van der Waals surface area contributed by atoms with Gasteiger partial charge in [-0.25, -0.2) is 9.37 Å². The molecule has 1 aliphatic rings. The van der Waals surface area contributed by atoms with Crippen molar-refractivity contribution >= 4 is 39.9 Å². The Hall–Kier alpha value is -2.78. The second-order valence-corrected chi connectivity index (χ2v) is 8.28. The molecule has 0 radical (unpaired) electrons. The highest BCUT2D eigenvalue weighted by molar-refractivity contribution is 7.13. The highest BCUT2D eigenvalue weighted by atomic mass is 35.5. The zero-order valence-electron chi connectivity index (χ0n) is 16.0. The van der Waals surface area contributed by atoms with Gasteiger partial charge in [-0.3, -0.25) is 9.59 Å². The van der Waals surface area contributed by atoms with Crippen molar-refractivity contribution in [2.24, 2.45) is 5.92 Å². The lowest BCUT2D eigenvalue weighted by atomic mass is 9.96. The molecule has 30 heavy (non-hydrogen) atoms. The molecule has 2 aromatic heterocycles. The minimum absolute atomic E-state index is 0.0226. The van der Waals surface area contributed by atoms with Gasteiger partial charge in [0, 0.05) is 24.7 Å². The quantitative estimate of drug-likeness (QED) is 0.639. The van der Waals surface area contributed by atoms with Crippen LogP contribution in [0.25, 0.3) is 11.3 Å². The topological polar surface area (TPSA) is 88.3 Å². The molecule has 1 saturated heterocycles. The molecule has 0 bridgehead atoms. The third kappa shape index (κ3) is 3.95. The highest BCUT2D eigenvalue weighted by Crippen LogP contribution is 2.34. The number of halogens is 2. The van der Waals surface area contributed by atoms with Crippen molar-refractivity contribution in [2.75, 3.05) is 18.4 Å². The summed E-state index contributed by atoms with van der Waals surface area (Å²) >= 11 is 7.50. The molecule has 10 heteroatoms. The summed E-state index contributed by atoms with van der Waals surface area (Å²) in [4.78, 5) is 31.5.